The highest BCUT2D eigenvalue weighted by Gasteiger charge is 2.27. The van der Waals surface area contributed by atoms with Gasteiger partial charge in [-0.1, -0.05) is 0 Å². The molecular formula is C6H12N2O3. The number of rotatable bonds is 2. The molecule has 64 valence electrons. The molecule has 1 amide bonds. The van der Waals surface area contributed by atoms with Gasteiger partial charge in [-0.15, -0.1) is 0 Å². The lowest BCUT2D eigenvalue weighted by Crippen LogP contribution is -2.42. The van der Waals surface area contributed by atoms with Crippen LogP contribution in [0.4, 0.5) is 4.79 Å². The average molecular weight is 160 g/mol. The molecule has 1 saturated heterocycles. The molecule has 11 heavy (non-hydrogen) atoms. The van der Waals surface area contributed by atoms with Gasteiger partial charge >= 0.3 is 6.09 Å². The Morgan fingerprint density at radius 1 is 1.73 bits per heavy atom. The Kier molecular flexibility index (Phi) is 2.67. The van der Waals surface area contributed by atoms with Crippen molar-refractivity contribution in [1.82, 2.24) is 10.6 Å². The second kappa shape index (κ2) is 3.54. The minimum absolute atomic E-state index is 0.0360. The number of hydrogen-bond donors (Lipinski definition) is 3. The fourth-order valence-electron chi connectivity index (χ4n) is 1.20. The molecule has 1 heterocycles. The van der Waals surface area contributed by atoms with Crippen LogP contribution in [0.1, 0.15) is 0 Å². The lowest BCUT2D eigenvalue weighted by Gasteiger charge is -2.15. The van der Waals surface area contributed by atoms with Gasteiger partial charge in [-0.05, 0) is 0 Å². The number of methoxy groups -OCH3 is 1. The van der Waals surface area contributed by atoms with Crippen LogP contribution in [0.5, 0.6) is 0 Å². The summed E-state index contributed by atoms with van der Waals surface area (Å²) in [6, 6.07) is -0.113. The van der Waals surface area contributed by atoms with E-state index in [0.29, 0.717) is 13.1 Å². The monoisotopic (exact) mass is 160 g/mol. The maximum absolute atomic E-state index is 10.2. The molecule has 0 spiro atoms. The Morgan fingerprint density at radius 2 is 2.45 bits per heavy atom. The third-order valence-electron chi connectivity index (χ3n) is 1.77. The van der Waals surface area contributed by atoms with Crippen molar-refractivity contribution < 1.29 is 14.6 Å². The van der Waals surface area contributed by atoms with Crippen molar-refractivity contribution in [2.24, 2.45) is 0 Å². The van der Waals surface area contributed by atoms with E-state index in [4.69, 9.17) is 9.84 Å². The van der Waals surface area contributed by atoms with E-state index in [1.807, 2.05) is 0 Å². The summed E-state index contributed by atoms with van der Waals surface area (Å²) in [6.07, 6.45) is -1.04. The van der Waals surface area contributed by atoms with Gasteiger partial charge in [-0.3, -0.25) is 0 Å². The molecule has 1 rings (SSSR count). The zero-order chi connectivity index (χ0) is 8.27. The van der Waals surface area contributed by atoms with E-state index in [1.54, 1.807) is 7.11 Å². The van der Waals surface area contributed by atoms with Crippen LogP contribution in [0.15, 0.2) is 0 Å². The van der Waals surface area contributed by atoms with Crippen LogP contribution in [0.2, 0.25) is 0 Å². The molecule has 0 saturated carbocycles. The lowest BCUT2D eigenvalue weighted by molar-refractivity contribution is 0.0942. The zero-order valence-corrected chi connectivity index (χ0v) is 6.33. The molecule has 1 aliphatic heterocycles. The second-order valence-electron chi connectivity index (χ2n) is 2.49. The summed E-state index contributed by atoms with van der Waals surface area (Å²) >= 11 is 0. The molecule has 0 unspecified atom stereocenters. The van der Waals surface area contributed by atoms with Crippen molar-refractivity contribution in [2.45, 2.75) is 12.1 Å². The van der Waals surface area contributed by atoms with E-state index in [0.717, 1.165) is 0 Å². The Labute approximate surface area is 64.7 Å². The van der Waals surface area contributed by atoms with Crippen LogP contribution in [-0.2, 0) is 4.74 Å². The molecule has 5 heteroatoms. The molecule has 3 N–H and O–H groups in total. The summed E-state index contributed by atoms with van der Waals surface area (Å²) in [5.74, 6) is 0. The minimum Gasteiger partial charge on any atom is -0.465 e. The molecule has 1 fully saturated rings. The normalized spacial score (nSPS) is 30.3. The fourth-order valence-corrected chi connectivity index (χ4v) is 1.20. The predicted molar refractivity (Wildman–Crippen MR) is 38.6 cm³/mol. The molecule has 0 radical (unpaired) electrons. The Hall–Kier alpha value is -0.810. The number of carbonyl (C=O) groups is 1. The highest BCUT2D eigenvalue weighted by Crippen LogP contribution is 2.02. The van der Waals surface area contributed by atoms with Crippen LogP contribution in [0.25, 0.3) is 0 Å². The maximum Gasteiger partial charge on any atom is 0.405 e. The molecule has 0 aromatic carbocycles. The molecule has 0 bridgehead atoms. The van der Waals surface area contributed by atoms with Gasteiger partial charge in [-0.2, -0.15) is 0 Å². The summed E-state index contributed by atoms with van der Waals surface area (Å²) in [4.78, 5) is 10.2. The lowest BCUT2D eigenvalue weighted by atomic mass is 10.2. The summed E-state index contributed by atoms with van der Waals surface area (Å²) in [6.45, 7) is 1.35. The first-order valence-electron chi connectivity index (χ1n) is 3.47. The van der Waals surface area contributed by atoms with Gasteiger partial charge in [0.2, 0.25) is 0 Å². The zero-order valence-electron chi connectivity index (χ0n) is 6.33. The first kappa shape index (κ1) is 8.29. The quantitative estimate of drug-likeness (QED) is 0.496. The van der Waals surface area contributed by atoms with Gasteiger partial charge in [0.1, 0.15) is 0 Å². The van der Waals surface area contributed by atoms with Crippen molar-refractivity contribution in [1.29, 1.82) is 0 Å². The van der Waals surface area contributed by atoms with E-state index in [2.05, 4.69) is 10.6 Å². The van der Waals surface area contributed by atoms with Crippen LogP contribution in [0.3, 0.4) is 0 Å². The maximum atomic E-state index is 10.2. The highest BCUT2D eigenvalue weighted by atomic mass is 16.5. The molecule has 1 aliphatic rings. The third-order valence-corrected chi connectivity index (χ3v) is 1.77. The van der Waals surface area contributed by atoms with Crippen molar-refractivity contribution >= 4 is 6.09 Å². The summed E-state index contributed by atoms with van der Waals surface area (Å²) in [5.41, 5.74) is 0. The van der Waals surface area contributed by atoms with Crippen molar-refractivity contribution in [3.05, 3.63) is 0 Å². The number of amides is 1. The van der Waals surface area contributed by atoms with Crippen molar-refractivity contribution in [2.75, 3.05) is 20.2 Å². The van der Waals surface area contributed by atoms with E-state index in [-0.39, 0.29) is 12.1 Å². The van der Waals surface area contributed by atoms with Gasteiger partial charge in [0.15, 0.2) is 0 Å². The van der Waals surface area contributed by atoms with Gasteiger partial charge in [0.25, 0.3) is 0 Å². The largest absolute Gasteiger partial charge is 0.465 e. The number of hydrogen-bond acceptors (Lipinski definition) is 3. The third kappa shape index (κ3) is 2.06. The van der Waals surface area contributed by atoms with Gasteiger partial charge in [0, 0.05) is 20.2 Å². The minimum atomic E-state index is -0.999. The van der Waals surface area contributed by atoms with Crippen LogP contribution in [0, 0.1) is 0 Å². The molecule has 5 nitrogen and oxygen atoms in total. The standard InChI is InChI=1S/C6H12N2O3/c1-11-5-3-7-2-4(5)8-6(9)10/h4-5,7-8H,2-3H2,1H3,(H,9,10)/t4-,5+/m1/s1. The Balaban J connectivity index is 2.37. The topological polar surface area (TPSA) is 70.6 Å². The number of ether oxygens (including phenoxy) is 1. The SMILES string of the molecule is CO[C@H]1CNC[C@H]1NC(=O)O. The molecule has 0 aliphatic carbocycles. The van der Waals surface area contributed by atoms with E-state index < -0.39 is 6.09 Å². The smallest absolute Gasteiger partial charge is 0.405 e. The summed E-state index contributed by atoms with van der Waals surface area (Å²) in [7, 11) is 1.58. The Bertz CT molecular complexity index is 151. The first-order valence-corrected chi connectivity index (χ1v) is 3.47. The molecular weight excluding hydrogens is 148 g/mol. The van der Waals surface area contributed by atoms with Crippen LogP contribution in [-0.4, -0.2) is 43.5 Å². The average Bonchev–Trinajstić information content (AvgIpc) is 2.34. The molecule has 0 aromatic heterocycles. The first-order chi connectivity index (χ1) is 5.24. The number of nitrogens with one attached hydrogen (secondary N) is 2. The van der Waals surface area contributed by atoms with Crippen LogP contribution < -0.4 is 10.6 Å². The van der Waals surface area contributed by atoms with Crippen LogP contribution >= 0.6 is 0 Å². The summed E-state index contributed by atoms with van der Waals surface area (Å²) in [5, 5.41) is 13.8. The number of carboxylic acid groups (broad SMARTS) is 1. The van der Waals surface area contributed by atoms with E-state index in [9.17, 15) is 4.79 Å². The molecule has 2 atom stereocenters. The van der Waals surface area contributed by atoms with E-state index in [1.165, 1.54) is 0 Å². The Morgan fingerprint density at radius 3 is 3.00 bits per heavy atom. The van der Waals surface area contributed by atoms with Crippen molar-refractivity contribution in [3.63, 3.8) is 0 Å². The second-order valence-corrected chi connectivity index (χ2v) is 2.49. The molecule has 0 aromatic rings. The van der Waals surface area contributed by atoms with Gasteiger partial charge < -0.3 is 20.5 Å². The van der Waals surface area contributed by atoms with Gasteiger partial charge in [0.05, 0.1) is 12.1 Å². The van der Waals surface area contributed by atoms with Gasteiger partial charge in [-0.25, -0.2) is 4.79 Å². The van der Waals surface area contributed by atoms with E-state index >= 15 is 0 Å². The predicted octanol–water partition coefficient (Wildman–Crippen LogP) is -0.759. The summed E-state index contributed by atoms with van der Waals surface area (Å²) < 4.78 is 5.04. The fraction of sp³-hybridized carbons (Fsp3) is 0.833. The van der Waals surface area contributed by atoms with Crippen molar-refractivity contribution in [3.8, 4) is 0 Å². The highest BCUT2D eigenvalue weighted by molar-refractivity contribution is 5.65.